The van der Waals surface area contributed by atoms with E-state index in [0.29, 0.717) is 6.42 Å². The molecule has 0 aliphatic heterocycles. The number of nitrogens with zero attached hydrogens (tertiary/aromatic N) is 2. The van der Waals surface area contributed by atoms with Crippen molar-refractivity contribution in [3.63, 3.8) is 0 Å². The van der Waals surface area contributed by atoms with Crippen LogP contribution in [0, 0.1) is 13.8 Å². The van der Waals surface area contributed by atoms with Crippen LogP contribution in [0.4, 0.5) is 11.4 Å². The van der Waals surface area contributed by atoms with E-state index in [1.807, 2.05) is 55.6 Å². The highest BCUT2D eigenvalue weighted by Gasteiger charge is 2.12. The number of benzene rings is 2. The summed E-state index contributed by atoms with van der Waals surface area (Å²) in [5, 5.41) is 6.74. The van der Waals surface area contributed by atoms with Gasteiger partial charge in [-0.1, -0.05) is 35.9 Å². The van der Waals surface area contributed by atoms with Crippen molar-refractivity contribution in [1.82, 2.24) is 9.97 Å². The Balaban J connectivity index is 1.47. The summed E-state index contributed by atoms with van der Waals surface area (Å²) < 4.78 is 0. The predicted octanol–water partition coefficient (Wildman–Crippen LogP) is 7.14. The molecule has 4 nitrogen and oxygen atoms in total. The molecule has 0 bridgehead atoms. The Morgan fingerprint density at radius 2 is 1.88 bits per heavy atom. The molecule has 0 unspecified atom stereocenters. The minimum absolute atomic E-state index is 0.122. The highest BCUT2D eigenvalue weighted by Crippen LogP contribution is 2.34. The third-order valence-electron chi connectivity index (χ3n) is 5.67. The van der Waals surface area contributed by atoms with E-state index >= 15 is 0 Å². The average Bonchev–Trinajstić information content (AvgIpc) is 3.31. The lowest BCUT2D eigenvalue weighted by atomic mass is 10.00. The lowest BCUT2D eigenvalue weighted by Crippen LogP contribution is -2.05. The van der Waals surface area contributed by atoms with Gasteiger partial charge in [0.25, 0.3) is 0 Å². The molecule has 0 spiro atoms. The second-order valence-electron chi connectivity index (χ2n) is 8.18. The number of Topliss-reactive ketones (excluding diaryl/α,β-unsaturated/α-hetero) is 1. The second-order valence-corrected chi connectivity index (χ2v) is 9.07. The Hall–Kier alpha value is -3.83. The number of aromatic nitrogens is 2. The van der Waals surface area contributed by atoms with Crippen molar-refractivity contribution in [3.05, 3.63) is 107 Å². The lowest BCUT2D eigenvalue weighted by Gasteiger charge is -2.14. The molecular weight excluding hydrogens is 426 g/mol. The van der Waals surface area contributed by atoms with E-state index in [4.69, 9.17) is 4.98 Å². The highest BCUT2D eigenvalue weighted by molar-refractivity contribution is 7.16. The van der Waals surface area contributed by atoms with Crippen molar-refractivity contribution in [2.24, 2.45) is 0 Å². The molecule has 0 fully saturated rings. The molecule has 2 aromatic carbocycles. The largest absolute Gasteiger partial charge is 0.355 e. The number of carbonyl (C=O) groups excluding carboxylic acids is 1. The van der Waals surface area contributed by atoms with E-state index in [-0.39, 0.29) is 5.78 Å². The molecule has 3 aromatic heterocycles. The van der Waals surface area contributed by atoms with Crippen LogP contribution < -0.4 is 5.32 Å². The van der Waals surface area contributed by atoms with Crippen LogP contribution in [0.2, 0.25) is 0 Å². The third-order valence-corrected chi connectivity index (χ3v) is 6.48. The van der Waals surface area contributed by atoms with Gasteiger partial charge in [0.05, 0.1) is 11.4 Å². The summed E-state index contributed by atoms with van der Waals surface area (Å²) in [6, 6.07) is 22.0. The topological polar surface area (TPSA) is 54.9 Å². The van der Waals surface area contributed by atoms with E-state index in [1.54, 1.807) is 17.5 Å². The maximum Gasteiger partial charge on any atom is 0.167 e. The molecule has 0 amide bonds. The molecule has 5 rings (SSSR count). The monoisotopic (exact) mass is 449 g/mol. The smallest absolute Gasteiger partial charge is 0.167 e. The fourth-order valence-electron chi connectivity index (χ4n) is 3.88. The molecule has 0 aliphatic rings. The Kier molecular flexibility index (Phi) is 5.71. The summed E-state index contributed by atoms with van der Waals surface area (Å²) in [6.07, 6.45) is 3.96. The Morgan fingerprint density at radius 1 is 0.970 bits per heavy atom. The molecule has 3 heterocycles. The molecule has 0 saturated carbocycles. The molecule has 0 aliphatic carbocycles. The van der Waals surface area contributed by atoms with Gasteiger partial charge in [0, 0.05) is 41.0 Å². The first-order valence-electron chi connectivity index (χ1n) is 10.8. The van der Waals surface area contributed by atoms with Crippen LogP contribution in [0.15, 0.2) is 84.5 Å². The normalized spacial score (nSPS) is 11.0. The minimum atomic E-state index is 0.122. The molecule has 162 valence electrons. The number of hydrogen-bond donors (Lipinski definition) is 1. The van der Waals surface area contributed by atoms with Crippen molar-refractivity contribution < 1.29 is 4.79 Å². The number of aryl methyl sites for hydroxylation is 2. The zero-order chi connectivity index (χ0) is 22.8. The Labute approximate surface area is 197 Å². The quantitative estimate of drug-likeness (QED) is 0.280. The van der Waals surface area contributed by atoms with Crippen LogP contribution in [0.1, 0.15) is 27.0 Å². The van der Waals surface area contributed by atoms with Gasteiger partial charge in [-0.25, -0.2) is 4.98 Å². The number of carbonyl (C=O) groups is 1. The highest BCUT2D eigenvalue weighted by atomic mass is 32.1. The van der Waals surface area contributed by atoms with Gasteiger partial charge in [0.1, 0.15) is 4.83 Å². The maximum atomic E-state index is 12.8. The van der Waals surface area contributed by atoms with E-state index in [9.17, 15) is 4.79 Å². The van der Waals surface area contributed by atoms with Crippen molar-refractivity contribution in [3.8, 4) is 11.3 Å². The van der Waals surface area contributed by atoms with Crippen LogP contribution in [0.25, 0.3) is 21.5 Å². The predicted molar refractivity (Wildman–Crippen MR) is 137 cm³/mol. The molecule has 33 heavy (non-hydrogen) atoms. The van der Waals surface area contributed by atoms with Crippen molar-refractivity contribution in [2.45, 2.75) is 20.3 Å². The van der Waals surface area contributed by atoms with Gasteiger partial charge in [-0.3, -0.25) is 9.78 Å². The Bertz CT molecular complexity index is 1460. The van der Waals surface area contributed by atoms with Crippen molar-refractivity contribution >= 4 is 38.7 Å². The van der Waals surface area contributed by atoms with E-state index < -0.39 is 0 Å². The van der Waals surface area contributed by atoms with Gasteiger partial charge in [-0.15, -0.1) is 11.3 Å². The molecule has 1 N–H and O–H groups in total. The van der Waals surface area contributed by atoms with Crippen LogP contribution in [0.3, 0.4) is 0 Å². The number of anilines is 2. The van der Waals surface area contributed by atoms with Gasteiger partial charge in [-0.05, 0) is 66.8 Å². The standard InChI is InChI=1S/C28H23N3OS/c1-18-5-3-6-21(13-18)27(32)15-20-9-8-19(2)24(14-20)30-26-16-25(22-7-4-11-29-17-22)31-28-23(26)10-12-33-28/h3-14,16-17H,15H2,1-2H3,(H,30,31). The van der Waals surface area contributed by atoms with Gasteiger partial charge in [0.2, 0.25) is 0 Å². The van der Waals surface area contributed by atoms with Crippen molar-refractivity contribution in [2.75, 3.05) is 5.32 Å². The molecule has 0 atom stereocenters. The molecule has 0 radical (unpaired) electrons. The fourth-order valence-corrected chi connectivity index (χ4v) is 4.67. The zero-order valence-electron chi connectivity index (χ0n) is 18.5. The summed E-state index contributed by atoms with van der Waals surface area (Å²) >= 11 is 1.62. The number of ketones is 1. The summed E-state index contributed by atoms with van der Waals surface area (Å²) in [5.41, 5.74) is 7.77. The second kappa shape index (κ2) is 8.96. The van der Waals surface area contributed by atoms with Gasteiger partial charge in [0.15, 0.2) is 5.78 Å². The molecule has 0 saturated heterocycles. The lowest BCUT2D eigenvalue weighted by molar-refractivity contribution is 0.0993. The molecule has 5 heteroatoms. The summed E-state index contributed by atoms with van der Waals surface area (Å²) in [5.74, 6) is 0.122. The minimum Gasteiger partial charge on any atom is -0.355 e. The van der Waals surface area contributed by atoms with E-state index in [0.717, 1.165) is 55.1 Å². The number of nitrogens with one attached hydrogen (secondary N) is 1. The zero-order valence-corrected chi connectivity index (χ0v) is 19.3. The van der Waals surface area contributed by atoms with Gasteiger partial charge >= 0.3 is 0 Å². The van der Waals surface area contributed by atoms with Crippen molar-refractivity contribution in [1.29, 1.82) is 0 Å². The maximum absolute atomic E-state index is 12.8. The summed E-state index contributed by atoms with van der Waals surface area (Å²) in [4.78, 5) is 22.9. The van der Waals surface area contributed by atoms with Crippen LogP contribution in [-0.2, 0) is 6.42 Å². The van der Waals surface area contributed by atoms with E-state index in [2.05, 4.69) is 46.9 Å². The summed E-state index contributed by atoms with van der Waals surface area (Å²) in [7, 11) is 0. The Morgan fingerprint density at radius 3 is 2.70 bits per heavy atom. The van der Waals surface area contributed by atoms with Gasteiger partial charge in [-0.2, -0.15) is 0 Å². The summed E-state index contributed by atoms with van der Waals surface area (Å²) in [6.45, 7) is 4.08. The number of fused-ring (bicyclic) bond motifs is 1. The van der Waals surface area contributed by atoms with Crippen LogP contribution in [0.5, 0.6) is 0 Å². The van der Waals surface area contributed by atoms with E-state index in [1.165, 1.54) is 0 Å². The molecular formula is C28H23N3OS. The van der Waals surface area contributed by atoms with Crippen LogP contribution >= 0.6 is 11.3 Å². The van der Waals surface area contributed by atoms with Crippen LogP contribution in [-0.4, -0.2) is 15.8 Å². The number of thiophene rings is 1. The first-order valence-corrected chi connectivity index (χ1v) is 11.7. The number of pyridine rings is 2. The third kappa shape index (κ3) is 4.54. The fraction of sp³-hybridized carbons (Fsp3) is 0.107. The first kappa shape index (κ1) is 21.0. The first-order chi connectivity index (χ1) is 16.1. The molecule has 5 aromatic rings. The van der Waals surface area contributed by atoms with Gasteiger partial charge < -0.3 is 5.32 Å². The number of rotatable bonds is 6. The SMILES string of the molecule is Cc1cccc(C(=O)Cc2ccc(C)c(Nc3cc(-c4cccnc4)nc4sccc34)c2)c1. The average molecular weight is 450 g/mol. The number of hydrogen-bond acceptors (Lipinski definition) is 5.